The molecule has 0 amide bonds. The lowest BCUT2D eigenvalue weighted by Crippen LogP contribution is -2.12. The summed E-state index contributed by atoms with van der Waals surface area (Å²) < 4.78 is 5.78. The first-order valence-corrected chi connectivity index (χ1v) is 6.45. The van der Waals surface area contributed by atoms with Crippen molar-refractivity contribution in [1.82, 2.24) is 0 Å². The Hall–Kier alpha value is -1.24. The van der Waals surface area contributed by atoms with E-state index in [1.54, 1.807) is 0 Å². The van der Waals surface area contributed by atoms with Crippen LogP contribution in [0, 0.1) is 26.7 Å². The molecule has 0 saturated carbocycles. The Balaban J connectivity index is 2.17. The second-order valence-corrected chi connectivity index (χ2v) is 5.29. The van der Waals surface area contributed by atoms with Crippen molar-refractivity contribution in [3.63, 3.8) is 0 Å². The summed E-state index contributed by atoms with van der Waals surface area (Å²) in [5.74, 6) is 1.81. The molecule has 1 atom stereocenters. The number of hydrogen-bond acceptors (Lipinski definition) is 1. The fraction of sp³-hybridized carbons (Fsp3) is 0.500. The Labute approximate surface area is 104 Å². The molecule has 0 saturated heterocycles. The van der Waals surface area contributed by atoms with E-state index in [0.717, 1.165) is 25.2 Å². The summed E-state index contributed by atoms with van der Waals surface area (Å²) >= 11 is 0. The highest BCUT2D eigenvalue weighted by Crippen LogP contribution is 2.23. The molecule has 1 heterocycles. The molecule has 2 rings (SSSR count). The molecule has 1 nitrogen and oxygen atoms in total. The normalized spacial score (nSPS) is 19.8. The summed E-state index contributed by atoms with van der Waals surface area (Å²) in [4.78, 5) is 0. The van der Waals surface area contributed by atoms with Crippen molar-refractivity contribution in [2.75, 3.05) is 6.61 Å². The highest BCUT2D eigenvalue weighted by Gasteiger charge is 2.13. The third-order valence-electron chi connectivity index (χ3n) is 3.84. The van der Waals surface area contributed by atoms with Gasteiger partial charge in [0.25, 0.3) is 0 Å². The molecule has 1 aromatic rings. The van der Waals surface area contributed by atoms with Crippen LogP contribution in [0.1, 0.15) is 35.6 Å². The molecule has 1 aromatic carbocycles. The first-order valence-electron chi connectivity index (χ1n) is 6.45. The van der Waals surface area contributed by atoms with Crippen molar-refractivity contribution in [2.45, 2.75) is 40.5 Å². The number of hydrogen-bond donors (Lipinski definition) is 0. The van der Waals surface area contributed by atoms with Crippen molar-refractivity contribution < 1.29 is 4.74 Å². The van der Waals surface area contributed by atoms with Crippen LogP contribution in [0.15, 0.2) is 24.0 Å². The minimum Gasteiger partial charge on any atom is -0.498 e. The van der Waals surface area contributed by atoms with Gasteiger partial charge in [-0.05, 0) is 61.4 Å². The molecule has 1 aliphatic rings. The van der Waals surface area contributed by atoms with E-state index in [1.165, 1.54) is 22.3 Å². The maximum absolute atomic E-state index is 5.78. The van der Waals surface area contributed by atoms with E-state index < -0.39 is 0 Å². The van der Waals surface area contributed by atoms with E-state index in [1.807, 2.05) is 0 Å². The lowest BCUT2D eigenvalue weighted by atomic mass is 9.95. The largest absolute Gasteiger partial charge is 0.498 e. The number of ether oxygens (including phenoxy) is 1. The van der Waals surface area contributed by atoms with Gasteiger partial charge >= 0.3 is 0 Å². The second-order valence-electron chi connectivity index (χ2n) is 5.29. The van der Waals surface area contributed by atoms with E-state index in [4.69, 9.17) is 4.74 Å². The molecule has 0 aromatic heterocycles. The molecule has 0 aliphatic carbocycles. The smallest absolute Gasteiger partial charge is 0.0964 e. The number of allylic oxidation sites excluding steroid dienone is 2. The molecule has 17 heavy (non-hydrogen) atoms. The summed E-state index contributed by atoms with van der Waals surface area (Å²) in [6.07, 6.45) is 4.35. The van der Waals surface area contributed by atoms with E-state index >= 15 is 0 Å². The summed E-state index contributed by atoms with van der Waals surface area (Å²) in [5.41, 5.74) is 5.59. The number of benzene rings is 1. The molecule has 1 unspecified atom stereocenters. The fourth-order valence-electron chi connectivity index (χ4n) is 2.22. The molecule has 92 valence electrons. The molecule has 0 spiro atoms. The molecule has 0 N–H and O–H groups in total. The summed E-state index contributed by atoms with van der Waals surface area (Å²) in [6.45, 7) is 9.68. The first-order chi connectivity index (χ1) is 8.08. The zero-order valence-electron chi connectivity index (χ0n) is 11.3. The summed E-state index contributed by atoms with van der Waals surface area (Å²) in [5, 5.41) is 0. The Morgan fingerprint density at radius 1 is 1.18 bits per heavy atom. The molecular formula is C16H22O. The highest BCUT2D eigenvalue weighted by atomic mass is 16.5. The van der Waals surface area contributed by atoms with Crippen LogP contribution in [0.2, 0.25) is 0 Å². The molecule has 0 fully saturated rings. The van der Waals surface area contributed by atoms with Crippen LogP contribution in [0.4, 0.5) is 0 Å². The third-order valence-corrected chi connectivity index (χ3v) is 3.84. The van der Waals surface area contributed by atoms with Crippen LogP contribution in [0.3, 0.4) is 0 Å². The highest BCUT2D eigenvalue weighted by molar-refractivity contribution is 5.40. The predicted octanol–water partition coefficient (Wildman–Crippen LogP) is 4.09. The van der Waals surface area contributed by atoms with Crippen molar-refractivity contribution in [1.29, 1.82) is 0 Å². The molecule has 1 aliphatic heterocycles. The average molecular weight is 230 g/mol. The van der Waals surface area contributed by atoms with Gasteiger partial charge in [0.2, 0.25) is 0 Å². The third kappa shape index (κ3) is 2.71. The number of aryl methyl sites for hydroxylation is 1. The van der Waals surface area contributed by atoms with E-state index in [2.05, 4.69) is 45.9 Å². The van der Waals surface area contributed by atoms with Crippen molar-refractivity contribution in [2.24, 2.45) is 5.92 Å². The maximum atomic E-state index is 5.78. The van der Waals surface area contributed by atoms with Gasteiger partial charge in [0.1, 0.15) is 0 Å². The number of rotatable bonds is 2. The molecular weight excluding hydrogens is 208 g/mol. The Bertz CT molecular complexity index is 443. The Morgan fingerprint density at radius 2 is 1.94 bits per heavy atom. The standard InChI is InChI=1S/C16H22O/c1-11-5-8-16(17-10-11)9-15-7-6-12(2)13(3)14(15)4/h6-8,11H,5,9-10H2,1-4H3. The van der Waals surface area contributed by atoms with Crippen LogP contribution in [-0.2, 0) is 11.2 Å². The average Bonchev–Trinajstić information content (AvgIpc) is 2.33. The van der Waals surface area contributed by atoms with Gasteiger partial charge in [0.05, 0.1) is 12.4 Å². The van der Waals surface area contributed by atoms with Gasteiger partial charge in [-0.2, -0.15) is 0 Å². The van der Waals surface area contributed by atoms with Crippen molar-refractivity contribution >= 4 is 0 Å². The second kappa shape index (κ2) is 4.95. The lowest BCUT2D eigenvalue weighted by Gasteiger charge is -2.21. The van der Waals surface area contributed by atoms with Gasteiger partial charge in [-0.25, -0.2) is 0 Å². The Kier molecular flexibility index (Phi) is 3.56. The van der Waals surface area contributed by atoms with E-state index in [-0.39, 0.29) is 0 Å². The van der Waals surface area contributed by atoms with Gasteiger partial charge in [-0.3, -0.25) is 0 Å². The molecule has 0 radical (unpaired) electrons. The van der Waals surface area contributed by atoms with Gasteiger partial charge < -0.3 is 4.74 Å². The fourth-order valence-corrected chi connectivity index (χ4v) is 2.22. The first kappa shape index (κ1) is 12.2. The lowest BCUT2D eigenvalue weighted by molar-refractivity contribution is 0.150. The van der Waals surface area contributed by atoms with Crippen LogP contribution in [0.5, 0.6) is 0 Å². The molecule has 1 heteroatoms. The van der Waals surface area contributed by atoms with Gasteiger partial charge in [-0.15, -0.1) is 0 Å². The maximum Gasteiger partial charge on any atom is 0.0964 e. The zero-order chi connectivity index (χ0) is 12.4. The quantitative estimate of drug-likeness (QED) is 0.743. The van der Waals surface area contributed by atoms with Crippen molar-refractivity contribution in [3.05, 3.63) is 46.2 Å². The zero-order valence-corrected chi connectivity index (χ0v) is 11.3. The van der Waals surface area contributed by atoms with Crippen LogP contribution < -0.4 is 0 Å². The predicted molar refractivity (Wildman–Crippen MR) is 72.2 cm³/mol. The summed E-state index contributed by atoms with van der Waals surface area (Å²) in [7, 11) is 0. The Morgan fingerprint density at radius 3 is 2.59 bits per heavy atom. The minimum absolute atomic E-state index is 0.666. The van der Waals surface area contributed by atoms with Crippen LogP contribution in [-0.4, -0.2) is 6.61 Å². The van der Waals surface area contributed by atoms with Gasteiger partial charge in [0, 0.05) is 6.42 Å². The minimum atomic E-state index is 0.666. The van der Waals surface area contributed by atoms with E-state index in [9.17, 15) is 0 Å². The van der Waals surface area contributed by atoms with Gasteiger partial charge in [-0.1, -0.05) is 19.1 Å². The monoisotopic (exact) mass is 230 g/mol. The van der Waals surface area contributed by atoms with E-state index in [0.29, 0.717) is 5.92 Å². The molecule has 0 bridgehead atoms. The SMILES string of the molecule is Cc1ccc(CC2=CCC(C)CO2)c(C)c1C. The summed E-state index contributed by atoms with van der Waals surface area (Å²) in [6, 6.07) is 4.45. The van der Waals surface area contributed by atoms with Crippen molar-refractivity contribution in [3.8, 4) is 0 Å². The topological polar surface area (TPSA) is 9.23 Å². The van der Waals surface area contributed by atoms with Crippen LogP contribution in [0.25, 0.3) is 0 Å². The van der Waals surface area contributed by atoms with Gasteiger partial charge in [0.15, 0.2) is 0 Å². The van der Waals surface area contributed by atoms with Crippen LogP contribution >= 0.6 is 0 Å².